The van der Waals surface area contributed by atoms with Gasteiger partial charge in [-0.25, -0.2) is 0 Å². The Bertz CT molecular complexity index is 281. The molecule has 2 heteroatoms. The lowest BCUT2D eigenvalue weighted by Gasteiger charge is -2.12. The first-order valence-corrected chi connectivity index (χ1v) is 4.59. The van der Waals surface area contributed by atoms with Gasteiger partial charge in [-0.05, 0) is 38.0 Å². The molecule has 13 heavy (non-hydrogen) atoms. The summed E-state index contributed by atoms with van der Waals surface area (Å²) in [6.45, 7) is 6.55. The summed E-state index contributed by atoms with van der Waals surface area (Å²) in [5, 5.41) is 12.3. The predicted molar refractivity (Wildman–Crippen MR) is 56.1 cm³/mol. The van der Waals surface area contributed by atoms with Crippen molar-refractivity contribution in [3.8, 4) is 0 Å². The first kappa shape index (κ1) is 10.1. The highest BCUT2D eigenvalue weighted by Crippen LogP contribution is 2.17. The van der Waals surface area contributed by atoms with Crippen molar-refractivity contribution in [2.75, 3.05) is 11.9 Å². The van der Waals surface area contributed by atoms with Gasteiger partial charge in [-0.2, -0.15) is 0 Å². The van der Waals surface area contributed by atoms with E-state index in [9.17, 15) is 0 Å². The molecule has 0 heterocycles. The molecule has 2 N–H and O–H groups in total. The maximum atomic E-state index is 9.11. The summed E-state index contributed by atoms with van der Waals surface area (Å²) in [7, 11) is 0. The Labute approximate surface area is 79.6 Å². The Morgan fingerprint density at radius 1 is 1.38 bits per heavy atom. The number of anilines is 1. The lowest BCUT2D eigenvalue weighted by atomic mass is 10.1. The van der Waals surface area contributed by atoms with Crippen LogP contribution < -0.4 is 5.32 Å². The Morgan fingerprint density at radius 2 is 2.08 bits per heavy atom. The van der Waals surface area contributed by atoms with Crippen LogP contribution in [-0.2, 0) is 0 Å². The highest BCUT2D eigenvalue weighted by molar-refractivity contribution is 5.53. The van der Waals surface area contributed by atoms with Crippen molar-refractivity contribution >= 4 is 5.69 Å². The summed E-state index contributed by atoms with van der Waals surface area (Å²) < 4.78 is 0. The maximum absolute atomic E-state index is 9.11. The van der Waals surface area contributed by atoms with Crippen LogP contribution in [0.1, 0.15) is 18.1 Å². The summed E-state index contributed by atoms with van der Waals surface area (Å²) in [5.41, 5.74) is 3.64. The van der Waals surface area contributed by atoms with Crippen LogP contribution in [0.5, 0.6) is 0 Å². The number of aliphatic hydroxyl groups excluding tert-OH is 1. The summed E-state index contributed by atoms with van der Waals surface area (Å²) in [6.07, 6.45) is -0.306. The van der Waals surface area contributed by atoms with Crippen LogP contribution in [0.15, 0.2) is 18.2 Å². The van der Waals surface area contributed by atoms with E-state index in [4.69, 9.17) is 5.11 Å². The van der Waals surface area contributed by atoms with E-state index in [-0.39, 0.29) is 6.10 Å². The lowest BCUT2D eigenvalue weighted by Crippen LogP contribution is -2.15. The average molecular weight is 179 g/mol. The second-order valence-corrected chi connectivity index (χ2v) is 3.48. The van der Waals surface area contributed by atoms with Crippen LogP contribution in [0.25, 0.3) is 0 Å². The summed E-state index contributed by atoms with van der Waals surface area (Å²) >= 11 is 0. The normalized spacial score (nSPS) is 12.6. The summed E-state index contributed by atoms with van der Waals surface area (Å²) in [4.78, 5) is 0. The van der Waals surface area contributed by atoms with Gasteiger partial charge in [0.05, 0.1) is 6.10 Å². The van der Waals surface area contributed by atoms with E-state index in [1.54, 1.807) is 6.92 Å². The number of aryl methyl sites for hydroxylation is 1. The smallest absolute Gasteiger partial charge is 0.0684 e. The van der Waals surface area contributed by atoms with Crippen LogP contribution in [0.3, 0.4) is 0 Å². The molecule has 2 nitrogen and oxygen atoms in total. The zero-order valence-electron chi connectivity index (χ0n) is 8.46. The minimum absolute atomic E-state index is 0.306. The highest BCUT2D eigenvalue weighted by atomic mass is 16.3. The van der Waals surface area contributed by atoms with Crippen LogP contribution in [-0.4, -0.2) is 17.8 Å². The molecule has 0 amide bonds. The number of aliphatic hydroxyl groups is 1. The van der Waals surface area contributed by atoms with Crippen molar-refractivity contribution in [3.63, 3.8) is 0 Å². The van der Waals surface area contributed by atoms with Gasteiger partial charge < -0.3 is 10.4 Å². The number of hydrogen-bond acceptors (Lipinski definition) is 2. The fraction of sp³-hybridized carbons (Fsp3) is 0.455. The minimum atomic E-state index is -0.306. The van der Waals surface area contributed by atoms with E-state index in [1.807, 2.05) is 12.1 Å². The third-order valence-electron chi connectivity index (χ3n) is 2.19. The Balaban J connectivity index is 2.71. The number of hydrogen-bond donors (Lipinski definition) is 2. The largest absolute Gasteiger partial charge is 0.392 e. The van der Waals surface area contributed by atoms with E-state index < -0.39 is 0 Å². The van der Waals surface area contributed by atoms with Crippen LogP contribution >= 0.6 is 0 Å². The van der Waals surface area contributed by atoms with Gasteiger partial charge in [0.1, 0.15) is 0 Å². The van der Waals surface area contributed by atoms with E-state index in [0.29, 0.717) is 6.54 Å². The quantitative estimate of drug-likeness (QED) is 0.744. The van der Waals surface area contributed by atoms with Gasteiger partial charge in [-0.15, -0.1) is 0 Å². The molecule has 0 unspecified atom stereocenters. The molecule has 0 spiro atoms. The van der Waals surface area contributed by atoms with Gasteiger partial charge >= 0.3 is 0 Å². The van der Waals surface area contributed by atoms with E-state index in [0.717, 1.165) is 5.69 Å². The molecule has 0 fully saturated rings. The molecule has 1 aromatic rings. The van der Waals surface area contributed by atoms with E-state index in [1.165, 1.54) is 11.1 Å². The number of nitrogens with one attached hydrogen (secondary N) is 1. The third kappa shape index (κ3) is 2.74. The van der Waals surface area contributed by atoms with Gasteiger partial charge in [0, 0.05) is 12.2 Å². The molecule has 0 saturated heterocycles. The van der Waals surface area contributed by atoms with Crippen LogP contribution in [0.2, 0.25) is 0 Å². The zero-order chi connectivity index (χ0) is 9.84. The van der Waals surface area contributed by atoms with Crippen molar-refractivity contribution in [1.82, 2.24) is 0 Å². The standard InChI is InChI=1S/C11H17NO/c1-8-5-4-6-11(10(8)3)12-7-9(2)13/h4-6,9,12-13H,7H2,1-3H3/t9-/m0/s1. The molecule has 72 valence electrons. The predicted octanol–water partition coefficient (Wildman–Crippen LogP) is 2.10. The van der Waals surface area contributed by atoms with Gasteiger partial charge in [-0.3, -0.25) is 0 Å². The molecule has 0 aliphatic heterocycles. The van der Waals surface area contributed by atoms with Crippen molar-refractivity contribution in [1.29, 1.82) is 0 Å². The van der Waals surface area contributed by atoms with Crippen molar-refractivity contribution in [2.45, 2.75) is 26.9 Å². The van der Waals surface area contributed by atoms with E-state index >= 15 is 0 Å². The molecular weight excluding hydrogens is 162 g/mol. The fourth-order valence-electron chi connectivity index (χ4n) is 1.20. The molecule has 0 aliphatic rings. The first-order valence-electron chi connectivity index (χ1n) is 4.59. The van der Waals surface area contributed by atoms with Crippen molar-refractivity contribution < 1.29 is 5.11 Å². The van der Waals surface area contributed by atoms with Gasteiger partial charge in [0.25, 0.3) is 0 Å². The number of benzene rings is 1. The second kappa shape index (κ2) is 4.28. The van der Waals surface area contributed by atoms with Gasteiger partial charge in [-0.1, -0.05) is 12.1 Å². The average Bonchev–Trinajstić information content (AvgIpc) is 2.07. The van der Waals surface area contributed by atoms with E-state index in [2.05, 4.69) is 25.2 Å². The van der Waals surface area contributed by atoms with Crippen LogP contribution in [0, 0.1) is 13.8 Å². The summed E-state index contributed by atoms with van der Waals surface area (Å²) in [5.74, 6) is 0. The molecule has 1 rings (SSSR count). The monoisotopic (exact) mass is 179 g/mol. The lowest BCUT2D eigenvalue weighted by molar-refractivity contribution is 0.208. The highest BCUT2D eigenvalue weighted by Gasteiger charge is 2.00. The first-order chi connectivity index (χ1) is 6.11. The Hall–Kier alpha value is -1.02. The second-order valence-electron chi connectivity index (χ2n) is 3.48. The van der Waals surface area contributed by atoms with Crippen LogP contribution in [0.4, 0.5) is 5.69 Å². The van der Waals surface area contributed by atoms with Gasteiger partial charge in [0.15, 0.2) is 0 Å². The molecule has 1 atom stereocenters. The third-order valence-corrected chi connectivity index (χ3v) is 2.19. The Kier molecular flexibility index (Phi) is 3.32. The molecule has 0 bridgehead atoms. The molecule has 0 radical (unpaired) electrons. The minimum Gasteiger partial charge on any atom is -0.392 e. The van der Waals surface area contributed by atoms with Gasteiger partial charge in [0.2, 0.25) is 0 Å². The molecule has 0 aromatic heterocycles. The molecule has 0 aliphatic carbocycles. The zero-order valence-corrected chi connectivity index (χ0v) is 8.46. The van der Waals surface area contributed by atoms with Crippen molar-refractivity contribution in [2.24, 2.45) is 0 Å². The topological polar surface area (TPSA) is 32.3 Å². The Morgan fingerprint density at radius 3 is 2.69 bits per heavy atom. The number of rotatable bonds is 3. The molecule has 0 saturated carbocycles. The van der Waals surface area contributed by atoms with Crippen molar-refractivity contribution in [3.05, 3.63) is 29.3 Å². The maximum Gasteiger partial charge on any atom is 0.0684 e. The SMILES string of the molecule is Cc1cccc(NC[C@H](C)O)c1C. The summed E-state index contributed by atoms with van der Waals surface area (Å²) in [6, 6.07) is 6.14. The fourth-order valence-corrected chi connectivity index (χ4v) is 1.20. The molecule has 1 aromatic carbocycles. The molecular formula is C11H17NO.